The number of nitrogens with zero attached hydrogens (tertiary/aromatic N) is 4. The second kappa shape index (κ2) is 21.4. The predicted molar refractivity (Wildman–Crippen MR) is 209 cm³/mol. The van der Waals surface area contributed by atoms with E-state index < -0.39 is 35.3 Å². The third-order valence-corrected chi connectivity index (χ3v) is 7.68. The summed E-state index contributed by atoms with van der Waals surface area (Å²) in [6.45, 7) is 11.7. The lowest BCUT2D eigenvalue weighted by Crippen LogP contribution is -2.47. The SMILES string of the molecule is CC(C)(C)OC(=O)NCCC(=O)N1CCC(NC(=O)c2ccc(Oc3ccc(C#N)cc3)nc2Oc2ccc(C#N)cc2)CC1.CC(C)(C)OC(=O)NCCC(=O)O. The first kappa shape index (κ1) is 45.5. The highest BCUT2D eigenvalue weighted by atomic mass is 16.6. The normalized spacial score (nSPS) is 12.6. The molecule has 2 heterocycles. The van der Waals surface area contributed by atoms with Gasteiger partial charge < -0.3 is 44.9 Å². The number of nitriles is 2. The number of amides is 4. The Balaban J connectivity index is 0.000000594. The second-order valence-corrected chi connectivity index (χ2v) is 14.9. The number of carboxylic acid groups (broad SMARTS) is 1. The summed E-state index contributed by atoms with van der Waals surface area (Å²) in [6.07, 6.45) is -0.00307. The van der Waals surface area contributed by atoms with E-state index >= 15 is 0 Å². The van der Waals surface area contributed by atoms with Gasteiger partial charge in [-0.15, -0.1) is 0 Å². The molecule has 0 spiro atoms. The van der Waals surface area contributed by atoms with Crippen molar-refractivity contribution in [3.05, 3.63) is 77.4 Å². The van der Waals surface area contributed by atoms with E-state index in [0.29, 0.717) is 48.6 Å². The maximum Gasteiger partial charge on any atom is 0.407 e. The van der Waals surface area contributed by atoms with Gasteiger partial charge in [0.2, 0.25) is 17.7 Å². The molecule has 0 aliphatic carbocycles. The number of pyridine rings is 1. The molecule has 0 radical (unpaired) electrons. The Morgan fingerprint density at radius 1 is 0.741 bits per heavy atom. The Hall–Kier alpha value is -6.88. The summed E-state index contributed by atoms with van der Waals surface area (Å²) in [6, 6.07) is 19.9. The predicted octanol–water partition coefficient (Wildman–Crippen LogP) is 6.03. The van der Waals surface area contributed by atoms with Crippen molar-refractivity contribution in [1.29, 1.82) is 10.5 Å². The summed E-state index contributed by atoms with van der Waals surface area (Å²) in [5.74, 6) is -0.431. The Morgan fingerprint density at radius 3 is 1.69 bits per heavy atom. The van der Waals surface area contributed by atoms with Crippen molar-refractivity contribution in [1.82, 2.24) is 25.8 Å². The zero-order chi connectivity index (χ0) is 42.9. The summed E-state index contributed by atoms with van der Waals surface area (Å²) < 4.78 is 21.9. The highest BCUT2D eigenvalue weighted by molar-refractivity contribution is 5.96. The molecule has 308 valence electrons. The van der Waals surface area contributed by atoms with Crippen molar-refractivity contribution in [2.75, 3.05) is 26.2 Å². The van der Waals surface area contributed by atoms with Gasteiger partial charge in [0.15, 0.2) is 0 Å². The Kier molecular flexibility index (Phi) is 16.8. The smallest absolute Gasteiger partial charge is 0.407 e. The van der Waals surface area contributed by atoms with Gasteiger partial charge in [-0.3, -0.25) is 14.4 Å². The van der Waals surface area contributed by atoms with Crippen LogP contribution in [0.1, 0.15) is 88.7 Å². The standard InChI is InChI=1S/C33H34N6O6.C8H15NO4/c1-33(2,3)45-32(42)36-17-14-29(40)39-18-15-24(16-19-39)37-30(41)27-12-13-28(43-25-8-4-22(20-34)5-9-25)38-31(27)44-26-10-6-23(21-35)7-11-26;1-8(2,3)13-7(12)9-5-4-6(10)11/h4-13,24H,14-19H2,1-3H3,(H,36,42)(H,37,41);4-5H2,1-3H3,(H,9,12)(H,10,11). The van der Waals surface area contributed by atoms with Crippen LogP contribution in [0.25, 0.3) is 0 Å². The van der Waals surface area contributed by atoms with Crippen LogP contribution in [0.3, 0.4) is 0 Å². The minimum atomic E-state index is -0.948. The molecule has 4 N–H and O–H groups in total. The fourth-order valence-electron chi connectivity index (χ4n) is 5.02. The molecule has 4 rings (SSSR count). The van der Waals surface area contributed by atoms with Crippen LogP contribution in [-0.4, -0.2) is 88.4 Å². The van der Waals surface area contributed by atoms with Crippen LogP contribution in [0.2, 0.25) is 0 Å². The van der Waals surface area contributed by atoms with E-state index in [9.17, 15) is 24.0 Å². The van der Waals surface area contributed by atoms with Gasteiger partial charge in [-0.1, -0.05) is 0 Å². The molecule has 3 aromatic rings. The number of piperidine rings is 1. The number of aliphatic carboxylic acids is 1. The molecule has 0 bridgehead atoms. The van der Waals surface area contributed by atoms with Gasteiger partial charge in [0.25, 0.3) is 5.91 Å². The van der Waals surface area contributed by atoms with Gasteiger partial charge in [0.1, 0.15) is 28.3 Å². The van der Waals surface area contributed by atoms with Gasteiger partial charge in [-0.25, -0.2) is 9.59 Å². The minimum absolute atomic E-state index is 0.00783. The fraction of sp³-hybridized carbons (Fsp3) is 0.415. The van der Waals surface area contributed by atoms with Crippen LogP contribution in [-0.2, 0) is 19.1 Å². The number of likely N-dealkylation sites (tertiary alicyclic amines) is 1. The lowest BCUT2D eigenvalue weighted by Gasteiger charge is -2.32. The third kappa shape index (κ3) is 16.9. The van der Waals surface area contributed by atoms with E-state index in [1.165, 1.54) is 0 Å². The summed E-state index contributed by atoms with van der Waals surface area (Å²) in [5, 5.41) is 34.3. The summed E-state index contributed by atoms with van der Waals surface area (Å²) >= 11 is 0. The van der Waals surface area contributed by atoms with Gasteiger partial charge >= 0.3 is 18.2 Å². The van der Waals surface area contributed by atoms with Crippen LogP contribution in [0, 0.1) is 22.7 Å². The number of hydrogen-bond acceptors (Lipinski definition) is 12. The maximum atomic E-state index is 13.4. The number of carbonyl (C=O) groups excluding carboxylic acids is 4. The van der Waals surface area contributed by atoms with Crippen molar-refractivity contribution in [3.63, 3.8) is 0 Å². The molecular weight excluding hydrogens is 750 g/mol. The van der Waals surface area contributed by atoms with Crippen LogP contribution in [0.15, 0.2) is 60.7 Å². The van der Waals surface area contributed by atoms with E-state index in [1.54, 1.807) is 107 Å². The molecule has 17 nitrogen and oxygen atoms in total. The summed E-state index contributed by atoms with van der Waals surface area (Å²) in [4.78, 5) is 65.0. The minimum Gasteiger partial charge on any atom is -0.481 e. The zero-order valence-electron chi connectivity index (χ0n) is 33.4. The van der Waals surface area contributed by atoms with Crippen LogP contribution in [0.5, 0.6) is 23.3 Å². The topological polar surface area (TPSA) is 242 Å². The molecular formula is C41H49N7O10. The van der Waals surface area contributed by atoms with Crippen molar-refractivity contribution >= 4 is 30.0 Å². The molecule has 2 aromatic carbocycles. The lowest BCUT2D eigenvalue weighted by molar-refractivity contribution is -0.137. The Morgan fingerprint density at radius 2 is 1.22 bits per heavy atom. The average Bonchev–Trinajstić information content (AvgIpc) is 3.14. The Bertz CT molecular complexity index is 1970. The number of aromatic nitrogens is 1. The van der Waals surface area contributed by atoms with Crippen molar-refractivity contribution in [2.45, 2.75) is 84.5 Å². The molecule has 1 aromatic heterocycles. The van der Waals surface area contributed by atoms with E-state index in [1.807, 2.05) is 12.1 Å². The number of carbonyl (C=O) groups is 5. The third-order valence-electron chi connectivity index (χ3n) is 7.68. The lowest BCUT2D eigenvalue weighted by atomic mass is 10.0. The number of carboxylic acids is 1. The molecule has 0 unspecified atom stereocenters. The number of ether oxygens (including phenoxy) is 4. The van der Waals surface area contributed by atoms with E-state index in [0.717, 1.165) is 0 Å². The number of hydrogen-bond donors (Lipinski definition) is 4. The van der Waals surface area contributed by atoms with Gasteiger partial charge in [0, 0.05) is 44.7 Å². The number of benzene rings is 2. The molecule has 1 aliphatic heterocycles. The molecule has 17 heteroatoms. The number of rotatable bonds is 12. The van der Waals surface area contributed by atoms with E-state index in [4.69, 9.17) is 34.6 Å². The zero-order valence-corrected chi connectivity index (χ0v) is 33.4. The molecule has 1 saturated heterocycles. The van der Waals surface area contributed by atoms with Crippen molar-refractivity contribution in [2.24, 2.45) is 0 Å². The molecule has 1 fully saturated rings. The first-order valence-electron chi connectivity index (χ1n) is 18.5. The Labute approximate surface area is 337 Å². The largest absolute Gasteiger partial charge is 0.481 e. The second-order valence-electron chi connectivity index (χ2n) is 14.9. The van der Waals surface area contributed by atoms with E-state index in [2.05, 4.69) is 20.9 Å². The van der Waals surface area contributed by atoms with Crippen LogP contribution in [0.4, 0.5) is 9.59 Å². The quantitative estimate of drug-likeness (QED) is 0.164. The number of alkyl carbamates (subject to hydrolysis) is 2. The first-order valence-corrected chi connectivity index (χ1v) is 18.5. The molecule has 1 aliphatic rings. The van der Waals surface area contributed by atoms with Crippen LogP contribution >= 0.6 is 0 Å². The van der Waals surface area contributed by atoms with E-state index in [-0.39, 0.29) is 55.2 Å². The van der Waals surface area contributed by atoms with Crippen molar-refractivity contribution in [3.8, 4) is 35.4 Å². The molecule has 4 amide bonds. The van der Waals surface area contributed by atoms with Gasteiger partial charge in [0.05, 0.1) is 29.7 Å². The highest BCUT2D eigenvalue weighted by Crippen LogP contribution is 2.29. The van der Waals surface area contributed by atoms with Gasteiger partial charge in [-0.05, 0) is 109 Å². The highest BCUT2D eigenvalue weighted by Gasteiger charge is 2.26. The summed E-state index contributed by atoms with van der Waals surface area (Å²) in [5.41, 5.74) is -0.0476. The van der Waals surface area contributed by atoms with Crippen LogP contribution < -0.4 is 25.4 Å². The number of nitrogens with one attached hydrogen (secondary N) is 3. The molecule has 58 heavy (non-hydrogen) atoms. The average molecular weight is 800 g/mol. The monoisotopic (exact) mass is 799 g/mol. The fourth-order valence-corrected chi connectivity index (χ4v) is 5.02. The maximum absolute atomic E-state index is 13.4. The first-order chi connectivity index (χ1) is 27.3. The molecule has 0 atom stereocenters. The summed E-state index contributed by atoms with van der Waals surface area (Å²) in [7, 11) is 0. The van der Waals surface area contributed by atoms with Gasteiger partial charge in [-0.2, -0.15) is 15.5 Å². The molecule has 0 saturated carbocycles. The van der Waals surface area contributed by atoms with Crippen molar-refractivity contribution < 1.29 is 48.0 Å².